The van der Waals surface area contributed by atoms with Crippen LogP contribution in [-0.2, 0) is 12.6 Å². The molecule has 0 saturated carbocycles. The average Bonchev–Trinajstić information content (AvgIpc) is 3.19. The maximum Gasteiger partial charge on any atom is 0.416 e. The largest absolute Gasteiger partial charge is 0.416 e. The number of rotatable bonds is 4. The van der Waals surface area contributed by atoms with E-state index in [9.17, 15) is 18.0 Å². The fraction of sp³-hybridized carbons (Fsp3) is 0.231. The molecule has 9 heteroatoms. The van der Waals surface area contributed by atoms with Crippen molar-refractivity contribution in [2.24, 2.45) is 0 Å². The summed E-state index contributed by atoms with van der Waals surface area (Å²) in [5, 5.41) is 5.12. The van der Waals surface area contributed by atoms with Crippen molar-refractivity contribution in [3.63, 3.8) is 0 Å². The van der Waals surface area contributed by atoms with Crippen molar-refractivity contribution in [2.75, 3.05) is 5.73 Å². The first-order valence-corrected chi connectivity index (χ1v) is 10.8. The summed E-state index contributed by atoms with van der Waals surface area (Å²) in [5.74, 6) is 6.00. The molecule has 0 unspecified atom stereocenters. The summed E-state index contributed by atoms with van der Waals surface area (Å²) in [5.41, 5.74) is 8.44. The molecule has 2 aromatic heterocycles. The number of hydrogen-bond donors (Lipinski definition) is 1. The molecule has 0 spiro atoms. The Morgan fingerprint density at radius 2 is 1.89 bits per heavy atom. The van der Waals surface area contributed by atoms with Crippen molar-refractivity contribution in [1.29, 1.82) is 0 Å². The Hall–Kier alpha value is -4.19. The predicted molar refractivity (Wildman–Crippen MR) is 127 cm³/mol. The number of carbonyl (C=O) groups is 1. The van der Waals surface area contributed by atoms with Gasteiger partial charge < -0.3 is 5.73 Å². The number of aromatic nitrogens is 4. The molecule has 178 valence electrons. The number of nitrogens with two attached hydrogens (primary N) is 1. The van der Waals surface area contributed by atoms with Crippen LogP contribution in [0.15, 0.2) is 48.8 Å². The SMILES string of the molecule is Cc1ccc(CC(=O)c2cccc(C(F)(F)F)c2)cc1C#Cc1nn(C(C)C)c2ncnc(N)c12. The van der Waals surface area contributed by atoms with Gasteiger partial charge in [-0.05, 0) is 56.0 Å². The third-order valence-electron chi connectivity index (χ3n) is 5.50. The van der Waals surface area contributed by atoms with E-state index < -0.39 is 17.5 Å². The number of fused-ring (bicyclic) bond motifs is 1. The molecule has 4 rings (SSSR count). The number of ketones is 1. The monoisotopic (exact) mass is 477 g/mol. The smallest absolute Gasteiger partial charge is 0.383 e. The van der Waals surface area contributed by atoms with E-state index in [4.69, 9.17) is 5.73 Å². The zero-order valence-corrected chi connectivity index (χ0v) is 19.3. The minimum absolute atomic E-state index is 0.00852. The molecule has 0 saturated heterocycles. The van der Waals surface area contributed by atoms with Crippen molar-refractivity contribution in [1.82, 2.24) is 19.7 Å². The summed E-state index contributed by atoms with van der Waals surface area (Å²) in [6, 6.07) is 9.82. The number of aryl methyl sites for hydroxylation is 1. The molecule has 2 N–H and O–H groups in total. The Morgan fingerprint density at radius 1 is 1.11 bits per heavy atom. The highest BCUT2D eigenvalue weighted by atomic mass is 19.4. The molecule has 0 radical (unpaired) electrons. The topological polar surface area (TPSA) is 86.7 Å². The number of benzene rings is 2. The summed E-state index contributed by atoms with van der Waals surface area (Å²) in [6.45, 7) is 5.82. The normalized spacial score (nSPS) is 11.5. The molecule has 0 aliphatic heterocycles. The van der Waals surface area contributed by atoms with Gasteiger partial charge in [-0.1, -0.05) is 30.2 Å². The van der Waals surface area contributed by atoms with Crippen LogP contribution in [0.1, 0.15) is 58.2 Å². The first kappa shape index (κ1) is 24.0. The van der Waals surface area contributed by atoms with E-state index in [-0.39, 0.29) is 23.8 Å². The molecule has 0 aliphatic rings. The number of Topliss-reactive ketones (excluding diaryl/α,β-unsaturated/α-hetero) is 1. The van der Waals surface area contributed by atoms with Crippen LogP contribution in [0.4, 0.5) is 19.0 Å². The molecule has 4 aromatic rings. The van der Waals surface area contributed by atoms with E-state index in [1.165, 1.54) is 18.5 Å². The van der Waals surface area contributed by atoms with Crippen molar-refractivity contribution < 1.29 is 18.0 Å². The lowest BCUT2D eigenvalue weighted by Crippen LogP contribution is -2.09. The van der Waals surface area contributed by atoms with Gasteiger partial charge in [0.05, 0.1) is 10.9 Å². The summed E-state index contributed by atoms with van der Waals surface area (Å²) < 4.78 is 40.7. The van der Waals surface area contributed by atoms with Gasteiger partial charge in [0.2, 0.25) is 0 Å². The van der Waals surface area contributed by atoms with E-state index in [0.29, 0.717) is 27.9 Å². The van der Waals surface area contributed by atoms with Gasteiger partial charge in [-0.15, -0.1) is 0 Å². The van der Waals surface area contributed by atoms with E-state index in [0.717, 1.165) is 17.7 Å². The molecule has 0 bridgehead atoms. The van der Waals surface area contributed by atoms with Gasteiger partial charge in [-0.2, -0.15) is 18.3 Å². The molecule has 6 nitrogen and oxygen atoms in total. The molecule has 0 aliphatic carbocycles. The lowest BCUT2D eigenvalue weighted by Gasteiger charge is -2.09. The molecular weight excluding hydrogens is 455 g/mol. The minimum atomic E-state index is -4.51. The first-order chi connectivity index (χ1) is 16.5. The Balaban J connectivity index is 1.65. The summed E-state index contributed by atoms with van der Waals surface area (Å²) >= 11 is 0. The van der Waals surface area contributed by atoms with Crippen LogP contribution in [0.5, 0.6) is 0 Å². The van der Waals surface area contributed by atoms with Crippen LogP contribution in [-0.4, -0.2) is 25.5 Å². The number of nitrogens with zero attached hydrogens (tertiary/aromatic N) is 4. The number of hydrogen-bond acceptors (Lipinski definition) is 5. The van der Waals surface area contributed by atoms with E-state index >= 15 is 0 Å². The lowest BCUT2D eigenvalue weighted by atomic mass is 9.98. The fourth-order valence-electron chi connectivity index (χ4n) is 3.64. The summed E-state index contributed by atoms with van der Waals surface area (Å²) in [4.78, 5) is 21.0. The Morgan fingerprint density at radius 3 is 2.60 bits per heavy atom. The molecule has 0 atom stereocenters. The second-order valence-electron chi connectivity index (χ2n) is 8.42. The predicted octanol–water partition coefficient (Wildman–Crippen LogP) is 5.14. The van der Waals surface area contributed by atoms with Gasteiger partial charge in [0, 0.05) is 23.6 Å². The van der Waals surface area contributed by atoms with Gasteiger partial charge in [-0.25, -0.2) is 14.6 Å². The fourth-order valence-corrected chi connectivity index (χ4v) is 3.64. The van der Waals surface area contributed by atoms with Gasteiger partial charge in [0.15, 0.2) is 11.4 Å². The van der Waals surface area contributed by atoms with Crippen molar-refractivity contribution >= 4 is 22.6 Å². The number of nitrogen functional groups attached to an aromatic ring is 1. The Labute approximate surface area is 200 Å². The van der Waals surface area contributed by atoms with Crippen LogP contribution < -0.4 is 5.73 Å². The maximum absolute atomic E-state index is 13.0. The minimum Gasteiger partial charge on any atom is -0.383 e. The average molecular weight is 477 g/mol. The number of halogens is 3. The molecular formula is C26H22F3N5O. The van der Waals surface area contributed by atoms with Crippen LogP contribution in [0.2, 0.25) is 0 Å². The van der Waals surface area contributed by atoms with E-state index in [1.54, 1.807) is 16.8 Å². The summed E-state index contributed by atoms with van der Waals surface area (Å²) in [6.07, 6.45) is -3.18. The number of alkyl halides is 3. The Kier molecular flexibility index (Phi) is 6.31. The highest BCUT2D eigenvalue weighted by Crippen LogP contribution is 2.30. The lowest BCUT2D eigenvalue weighted by molar-refractivity contribution is -0.137. The standard InChI is InChI=1S/C26H22F3N5O/c1-15(2)34-25-23(24(30)31-14-32-25)21(33-34)10-9-18-11-17(8-7-16(18)3)12-22(35)19-5-4-6-20(13-19)26(27,28)29/h4-8,11,13-15H,12H2,1-3H3,(H2,30,31,32). The van der Waals surface area contributed by atoms with Gasteiger partial charge in [0.1, 0.15) is 17.8 Å². The number of carbonyl (C=O) groups excluding carboxylic acids is 1. The third-order valence-corrected chi connectivity index (χ3v) is 5.50. The highest BCUT2D eigenvalue weighted by Gasteiger charge is 2.30. The van der Waals surface area contributed by atoms with Crippen molar-refractivity contribution in [3.05, 3.63) is 82.3 Å². The van der Waals surface area contributed by atoms with Crippen LogP contribution in [0.25, 0.3) is 11.0 Å². The Bertz CT molecular complexity index is 1490. The van der Waals surface area contributed by atoms with E-state index in [2.05, 4.69) is 26.9 Å². The maximum atomic E-state index is 13.0. The van der Waals surface area contributed by atoms with Gasteiger partial charge in [-0.3, -0.25) is 4.79 Å². The van der Waals surface area contributed by atoms with Crippen LogP contribution >= 0.6 is 0 Å². The third kappa shape index (κ3) is 5.01. The molecule has 35 heavy (non-hydrogen) atoms. The summed E-state index contributed by atoms with van der Waals surface area (Å²) in [7, 11) is 0. The molecule has 2 heterocycles. The quantitative estimate of drug-likeness (QED) is 0.325. The van der Waals surface area contributed by atoms with Crippen molar-refractivity contribution in [2.45, 2.75) is 39.4 Å². The van der Waals surface area contributed by atoms with E-state index in [1.807, 2.05) is 26.8 Å². The second-order valence-corrected chi connectivity index (χ2v) is 8.42. The zero-order valence-electron chi connectivity index (χ0n) is 19.3. The van der Waals surface area contributed by atoms with Gasteiger partial charge >= 0.3 is 6.18 Å². The second kappa shape index (κ2) is 9.22. The molecule has 0 fully saturated rings. The van der Waals surface area contributed by atoms with Crippen LogP contribution in [0.3, 0.4) is 0 Å². The molecule has 2 aromatic carbocycles. The zero-order chi connectivity index (χ0) is 25.3. The van der Waals surface area contributed by atoms with Gasteiger partial charge in [0.25, 0.3) is 0 Å². The van der Waals surface area contributed by atoms with Crippen molar-refractivity contribution in [3.8, 4) is 11.8 Å². The van der Waals surface area contributed by atoms with Crippen LogP contribution in [0, 0.1) is 18.8 Å². The number of anilines is 1. The first-order valence-electron chi connectivity index (χ1n) is 10.8. The molecule has 0 amide bonds. The highest BCUT2D eigenvalue weighted by molar-refractivity contribution is 5.97.